The lowest BCUT2D eigenvalue weighted by atomic mass is 10.2. The molecule has 3 aromatic rings. The molecule has 0 aliphatic rings. The number of nitro benzene ring substituents is 1. The highest BCUT2D eigenvalue weighted by Crippen LogP contribution is 2.26. The van der Waals surface area contributed by atoms with Crippen molar-refractivity contribution >= 4 is 29.7 Å². The molecule has 25 heavy (non-hydrogen) atoms. The van der Waals surface area contributed by atoms with Crippen LogP contribution >= 0.6 is 0 Å². The molecule has 0 aliphatic carbocycles. The lowest BCUT2D eigenvalue weighted by Crippen LogP contribution is -1.93. The van der Waals surface area contributed by atoms with Crippen molar-refractivity contribution in [1.82, 2.24) is 10.1 Å². The second kappa shape index (κ2) is 7.31. The van der Waals surface area contributed by atoms with Crippen molar-refractivity contribution < 1.29 is 9.45 Å². The number of benzene rings is 1. The lowest BCUT2D eigenvalue weighted by Gasteiger charge is -1.96. The van der Waals surface area contributed by atoms with Gasteiger partial charge >= 0.3 is 0 Å². The summed E-state index contributed by atoms with van der Waals surface area (Å²) in [6, 6.07) is 12.0. The lowest BCUT2D eigenvalue weighted by molar-refractivity contribution is -0.385. The van der Waals surface area contributed by atoms with Gasteiger partial charge in [0.05, 0.1) is 16.2 Å². The van der Waals surface area contributed by atoms with E-state index in [4.69, 9.17) is 4.52 Å². The predicted octanol–water partition coefficient (Wildman–Crippen LogP) is 4.21. The zero-order valence-corrected chi connectivity index (χ0v) is 13.4. The van der Waals surface area contributed by atoms with Crippen LogP contribution in [0.25, 0.3) is 12.2 Å². The van der Waals surface area contributed by atoms with E-state index in [1.165, 1.54) is 12.3 Å². The van der Waals surface area contributed by atoms with E-state index in [0.717, 1.165) is 5.69 Å². The van der Waals surface area contributed by atoms with Crippen molar-refractivity contribution in [2.75, 3.05) is 0 Å². The third kappa shape index (κ3) is 3.84. The van der Waals surface area contributed by atoms with E-state index in [1.807, 2.05) is 18.2 Å². The van der Waals surface area contributed by atoms with Crippen LogP contribution in [0.15, 0.2) is 58.2 Å². The normalized spacial score (nSPS) is 11.4. The molecule has 7 nitrogen and oxygen atoms in total. The molecule has 3 rings (SSSR count). The Morgan fingerprint density at radius 3 is 2.72 bits per heavy atom. The van der Waals surface area contributed by atoms with Crippen LogP contribution in [0.4, 0.5) is 11.4 Å². The number of para-hydroxylation sites is 1. The summed E-state index contributed by atoms with van der Waals surface area (Å²) in [6.45, 7) is 1.76. The van der Waals surface area contributed by atoms with Gasteiger partial charge in [0.2, 0.25) is 0 Å². The van der Waals surface area contributed by atoms with Gasteiger partial charge in [-0.15, -0.1) is 0 Å². The van der Waals surface area contributed by atoms with E-state index in [1.54, 1.807) is 43.5 Å². The maximum absolute atomic E-state index is 11.1. The van der Waals surface area contributed by atoms with Gasteiger partial charge in [0, 0.05) is 18.5 Å². The summed E-state index contributed by atoms with van der Waals surface area (Å²) in [5.41, 5.74) is 2.28. The van der Waals surface area contributed by atoms with E-state index in [-0.39, 0.29) is 5.69 Å². The largest absolute Gasteiger partial charge is 0.354 e. The topological polar surface area (TPSA) is 94.4 Å². The molecule has 2 heterocycles. The molecule has 0 amide bonds. The minimum atomic E-state index is -0.441. The molecule has 0 N–H and O–H groups in total. The quantitative estimate of drug-likeness (QED) is 0.396. The first-order chi connectivity index (χ1) is 12.1. The zero-order chi connectivity index (χ0) is 17.6. The number of nitrogens with zero attached hydrogens (tertiary/aromatic N) is 4. The Balaban J connectivity index is 1.90. The zero-order valence-electron chi connectivity index (χ0n) is 13.4. The number of hydrogen-bond acceptors (Lipinski definition) is 6. The van der Waals surface area contributed by atoms with Gasteiger partial charge < -0.3 is 4.52 Å². The van der Waals surface area contributed by atoms with E-state index >= 15 is 0 Å². The molecular weight excluding hydrogens is 320 g/mol. The van der Waals surface area contributed by atoms with E-state index in [9.17, 15) is 10.1 Å². The number of aromatic nitrogens is 2. The Hall–Kier alpha value is -3.61. The van der Waals surface area contributed by atoms with Crippen LogP contribution in [0, 0.1) is 17.0 Å². The van der Waals surface area contributed by atoms with E-state index in [2.05, 4.69) is 15.1 Å². The third-order valence-corrected chi connectivity index (χ3v) is 3.42. The minimum absolute atomic E-state index is 0.00839. The van der Waals surface area contributed by atoms with Gasteiger partial charge in [-0.3, -0.25) is 15.1 Å². The monoisotopic (exact) mass is 334 g/mol. The van der Waals surface area contributed by atoms with Crippen LogP contribution in [0.1, 0.15) is 22.7 Å². The summed E-state index contributed by atoms with van der Waals surface area (Å²) in [5.74, 6) is 0.456. The maximum atomic E-state index is 11.1. The van der Waals surface area contributed by atoms with Crippen LogP contribution in [0.3, 0.4) is 0 Å². The van der Waals surface area contributed by atoms with Crippen LogP contribution in [0.2, 0.25) is 0 Å². The number of aliphatic imine (C=N–C) groups is 1. The Labute approximate surface area is 143 Å². The molecule has 0 saturated heterocycles. The second-order valence-electron chi connectivity index (χ2n) is 5.14. The second-order valence-corrected chi connectivity index (χ2v) is 5.14. The molecule has 0 unspecified atom stereocenters. The van der Waals surface area contributed by atoms with Crippen molar-refractivity contribution in [2.24, 2.45) is 4.99 Å². The summed E-state index contributed by atoms with van der Waals surface area (Å²) in [6.07, 6.45) is 6.63. The Morgan fingerprint density at radius 2 is 1.96 bits per heavy atom. The molecule has 0 aliphatic heterocycles. The fourth-order valence-electron chi connectivity index (χ4n) is 2.18. The minimum Gasteiger partial charge on any atom is -0.354 e. The van der Waals surface area contributed by atoms with Gasteiger partial charge in [-0.25, -0.2) is 4.99 Å². The maximum Gasteiger partial charge on any atom is 0.278 e. The number of pyridine rings is 1. The molecule has 7 heteroatoms. The van der Waals surface area contributed by atoms with Gasteiger partial charge in [0.25, 0.3) is 5.69 Å². The molecule has 0 atom stereocenters. The number of aryl methyl sites for hydroxylation is 1. The van der Waals surface area contributed by atoms with Gasteiger partial charge in [-0.2, -0.15) is 0 Å². The molecule has 0 fully saturated rings. The summed E-state index contributed by atoms with van der Waals surface area (Å²) in [7, 11) is 0. The van der Waals surface area contributed by atoms with Crippen molar-refractivity contribution in [2.45, 2.75) is 6.92 Å². The molecule has 0 spiro atoms. The molecule has 1 aromatic carbocycles. The first kappa shape index (κ1) is 16.3. The number of rotatable bonds is 5. The summed E-state index contributed by atoms with van der Waals surface area (Å²) >= 11 is 0. The fourth-order valence-corrected chi connectivity index (χ4v) is 2.18. The van der Waals surface area contributed by atoms with Crippen LogP contribution < -0.4 is 0 Å². The van der Waals surface area contributed by atoms with E-state index < -0.39 is 4.92 Å². The third-order valence-electron chi connectivity index (χ3n) is 3.42. The van der Waals surface area contributed by atoms with Crippen molar-refractivity contribution in [3.63, 3.8) is 0 Å². The van der Waals surface area contributed by atoms with E-state index in [0.29, 0.717) is 22.7 Å². The van der Waals surface area contributed by atoms with Crippen molar-refractivity contribution in [3.05, 3.63) is 81.5 Å². The number of nitro groups is 1. The summed E-state index contributed by atoms with van der Waals surface area (Å²) in [5, 5.41) is 15.0. The molecule has 0 bridgehead atoms. The fraction of sp³-hybridized carbons (Fsp3) is 0.0556. The Kier molecular flexibility index (Phi) is 4.75. The van der Waals surface area contributed by atoms with Gasteiger partial charge in [-0.1, -0.05) is 23.4 Å². The first-order valence-corrected chi connectivity index (χ1v) is 7.48. The number of hydrogen-bond donors (Lipinski definition) is 0. The van der Waals surface area contributed by atoms with Gasteiger partial charge in [0.1, 0.15) is 11.4 Å². The van der Waals surface area contributed by atoms with Crippen molar-refractivity contribution in [1.29, 1.82) is 0 Å². The average Bonchev–Trinajstić information content (AvgIpc) is 2.99. The standard InChI is InChI=1S/C18H14N4O3/c1-13-18(20-12-14-6-2-3-8-16(14)22(23)24)17(25-21-13)10-9-15-7-4-5-11-19-15/h2-12H,1H3/b10-9+,20-12?. The van der Waals surface area contributed by atoms with Crippen molar-refractivity contribution in [3.8, 4) is 0 Å². The predicted molar refractivity (Wildman–Crippen MR) is 94.8 cm³/mol. The SMILES string of the molecule is Cc1noc(/C=C/c2ccccn2)c1N=Cc1ccccc1[N+](=O)[O-]. The highest BCUT2D eigenvalue weighted by atomic mass is 16.6. The van der Waals surface area contributed by atoms with Gasteiger partial charge in [-0.05, 0) is 37.3 Å². The summed E-state index contributed by atoms with van der Waals surface area (Å²) < 4.78 is 5.27. The highest BCUT2D eigenvalue weighted by Gasteiger charge is 2.12. The molecule has 0 saturated carbocycles. The van der Waals surface area contributed by atoms with Gasteiger partial charge in [0.15, 0.2) is 5.76 Å². The Bertz CT molecular complexity index is 946. The average molecular weight is 334 g/mol. The van der Waals surface area contributed by atoms with Crippen LogP contribution in [0.5, 0.6) is 0 Å². The smallest absolute Gasteiger partial charge is 0.278 e. The molecular formula is C18H14N4O3. The highest BCUT2D eigenvalue weighted by molar-refractivity contribution is 5.88. The molecule has 2 aromatic heterocycles. The Morgan fingerprint density at radius 1 is 1.16 bits per heavy atom. The van der Waals surface area contributed by atoms with Crippen LogP contribution in [-0.2, 0) is 0 Å². The van der Waals surface area contributed by atoms with Crippen LogP contribution in [-0.4, -0.2) is 21.3 Å². The summed E-state index contributed by atoms with van der Waals surface area (Å²) in [4.78, 5) is 19.2. The first-order valence-electron chi connectivity index (χ1n) is 7.48. The molecule has 0 radical (unpaired) electrons. The molecule has 124 valence electrons.